The van der Waals surface area contributed by atoms with E-state index in [2.05, 4.69) is 13.8 Å². The summed E-state index contributed by atoms with van der Waals surface area (Å²) in [5.41, 5.74) is 5.69. The zero-order valence-corrected chi connectivity index (χ0v) is 9.63. The Morgan fingerprint density at radius 3 is 2.64 bits per heavy atom. The molecule has 0 bridgehead atoms. The van der Waals surface area contributed by atoms with E-state index in [4.69, 9.17) is 5.73 Å². The van der Waals surface area contributed by atoms with E-state index in [1.165, 1.54) is 4.88 Å². The van der Waals surface area contributed by atoms with Crippen molar-refractivity contribution in [3.63, 3.8) is 0 Å². The van der Waals surface area contributed by atoms with Crippen LogP contribution in [0, 0.1) is 5.92 Å². The van der Waals surface area contributed by atoms with Gasteiger partial charge in [-0.2, -0.15) is 0 Å². The predicted molar refractivity (Wildman–Crippen MR) is 61.6 cm³/mol. The molecule has 3 heteroatoms. The van der Waals surface area contributed by atoms with Crippen molar-refractivity contribution in [1.29, 1.82) is 0 Å². The van der Waals surface area contributed by atoms with Gasteiger partial charge in [-0.25, -0.2) is 0 Å². The minimum absolute atomic E-state index is 0.109. The molecule has 2 unspecified atom stereocenters. The zero-order chi connectivity index (χ0) is 10.6. The summed E-state index contributed by atoms with van der Waals surface area (Å²) in [5, 5.41) is 12.0. The molecule has 3 N–H and O–H groups in total. The highest BCUT2D eigenvalue weighted by Gasteiger charge is 2.21. The maximum atomic E-state index is 9.98. The number of aliphatic hydroxyl groups excluding tert-OH is 1. The molecule has 2 atom stereocenters. The number of hydrogen-bond donors (Lipinski definition) is 2. The van der Waals surface area contributed by atoms with Crippen molar-refractivity contribution in [3.8, 4) is 0 Å². The van der Waals surface area contributed by atoms with Gasteiger partial charge in [0.15, 0.2) is 0 Å². The van der Waals surface area contributed by atoms with Crippen molar-refractivity contribution in [2.24, 2.45) is 11.7 Å². The smallest absolute Gasteiger partial charge is 0.0631 e. The van der Waals surface area contributed by atoms with E-state index in [9.17, 15) is 5.11 Å². The van der Waals surface area contributed by atoms with Crippen LogP contribution in [0.3, 0.4) is 0 Å². The van der Waals surface area contributed by atoms with Gasteiger partial charge in [-0.15, -0.1) is 11.3 Å². The molecular formula is C11H19NOS. The van der Waals surface area contributed by atoms with E-state index in [1.54, 1.807) is 11.3 Å². The SMILES string of the molecule is CC(C)CC(O)C(CN)c1cccs1. The molecule has 0 aliphatic carbocycles. The first kappa shape index (κ1) is 11.7. The maximum absolute atomic E-state index is 9.98. The lowest BCUT2D eigenvalue weighted by Gasteiger charge is -2.21. The summed E-state index contributed by atoms with van der Waals surface area (Å²) in [6.07, 6.45) is 0.512. The summed E-state index contributed by atoms with van der Waals surface area (Å²) in [7, 11) is 0. The average Bonchev–Trinajstić information content (AvgIpc) is 2.57. The summed E-state index contributed by atoms with van der Waals surface area (Å²) in [6, 6.07) is 4.05. The Morgan fingerprint density at radius 1 is 1.50 bits per heavy atom. The summed E-state index contributed by atoms with van der Waals surface area (Å²) in [4.78, 5) is 1.20. The summed E-state index contributed by atoms with van der Waals surface area (Å²) < 4.78 is 0. The first-order valence-corrected chi connectivity index (χ1v) is 5.94. The molecular weight excluding hydrogens is 194 g/mol. The molecule has 0 spiro atoms. The lowest BCUT2D eigenvalue weighted by Crippen LogP contribution is -2.26. The van der Waals surface area contributed by atoms with Crippen molar-refractivity contribution >= 4 is 11.3 Å². The second kappa shape index (κ2) is 5.49. The first-order valence-electron chi connectivity index (χ1n) is 5.06. The summed E-state index contributed by atoms with van der Waals surface area (Å²) >= 11 is 1.67. The number of aliphatic hydroxyl groups is 1. The van der Waals surface area contributed by atoms with Gasteiger partial charge >= 0.3 is 0 Å². The van der Waals surface area contributed by atoms with E-state index in [1.807, 2.05) is 17.5 Å². The Balaban J connectivity index is 2.62. The highest BCUT2D eigenvalue weighted by atomic mass is 32.1. The summed E-state index contributed by atoms with van der Waals surface area (Å²) in [6.45, 7) is 4.75. The third kappa shape index (κ3) is 3.08. The number of nitrogens with two attached hydrogens (primary N) is 1. The standard InChI is InChI=1S/C11H19NOS/c1-8(2)6-10(13)9(7-12)11-4-3-5-14-11/h3-5,8-10,13H,6-7,12H2,1-2H3. The van der Waals surface area contributed by atoms with Crippen LogP contribution < -0.4 is 5.73 Å². The topological polar surface area (TPSA) is 46.2 Å². The van der Waals surface area contributed by atoms with Gasteiger partial charge in [0.05, 0.1) is 6.10 Å². The van der Waals surface area contributed by atoms with Crippen molar-refractivity contribution in [2.75, 3.05) is 6.54 Å². The fraction of sp³-hybridized carbons (Fsp3) is 0.636. The van der Waals surface area contributed by atoms with Crippen molar-refractivity contribution < 1.29 is 5.11 Å². The maximum Gasteiger partial charge on any atom is 0.0631 e. The second-order valence-corrected chi connectivity index (χ2v) is 5.03. The molecule has 0 aromatic carbocycles. The van der Waals surface area contributed by atoms with Gasteiger partial charge in [0.25, 0.3) is 0 Å². The quantitative estimate of drug-likeness (QED) is 0.787. The van der Waals surface area contributed by atoms with Gasteiger partial charge < -0.3 is 10.8 Å². The van der Waals surface area contributed by atoms with E-state index in [-0.39, 0.29) is 12.0 Å². The van der Waals surface area contributed by atoms with Crippen LogP contribution in [0.4, 0.5) is 0 Å². The van der Waals surface area contributed by atoms with Crippen LogP contribution in [-0.2, 0) is 0 Å². The zero-order valence-electron chi connectivity index (χ0n) is 8.81. The van der Waals surface area contributed by atoms with Gasteiger partial charge in [0, 0.05) is 17.3 Å². The number of hydrogen-bond acceptors (Lipinski definition) is 3. The van der Waals surface area contributed by atoms with Gasteiger partial charge in [0.2, 0.25) is 0 Å². The highest BCUT2D eigenvalue weighted by molar-refractivity contribution is 7.10. The number of rotatable bonds is 5. The molecule has 0 aliphatic heterocycles. The Hall–Kier alpha value is -0.380. The first-order chi connectivity index (χ1) is 6.65. The largest absolute Gasteiger partial charge is 0.392 e. The number of thiophene rings is 1. The van der Waals surface area contributed by atoms with Gasteiger partial charge in [-0.05, 0) is 23.8 Å². The minimum Gasteiger partial charge on any atom is -0.392 e. The normalized spacial score (nSPS) is 15.8. The molecule has 0 fully saturated rings. The third-order valence-corrected chi connectivity index (χ3v) is 3.34. The lowest BCUT2D eigenvalue weighted by molar-refractivity contribution is 0.123. The average molecular weight is 213 g/mol. The molecule has 0 amide bonds. The van der Waals surface area contributed by atoms with E-state index < -0.39 is 0 Å². The van der Waals surface area contributed by atoms with Crippen molar-refractivity contribution in [3.05, 3.63) is 22.4 Å². The van der Waals surface area contributed by atoms with Gasteiger partial charge in [-0.1, -0.05) is 19.9 Å². The van der Waals surface area contributed by atoms with Gasteiger partial charge in [-0.3, -0.25) is 0 Å². The lowest BCUT2D eigenvalue weighted by atomic mass is 9.93. The molecule has 14 heavy (non-hydrogen) atoms. The molecule has 1 aromatic rings. The predicted octanol–water partition coefficient (Wildman–Crippen LogP) is 2.20. The molecule has 1 rings (SSSR count). The van der Waals surface area contributed by atoms with E-state index >= 15 is 0 Å². The Bertz CT molecular complexity index is 246. The second-order valence-electron chi connectivity index (χ2n) is 4.05. The fourth-order valence-corrected chi connectivity index (χ4v) is 2.51. The molecule has 0 saturated heterocycles. The fourth-order valence-electron chi connectivity index (χ4n) is 1.61. The van der Waals surface area contributed by atoms with Crippen LogP contribution in [0.15, 0.2) is 17.5 Å². The molecule has 80 valence electrons. The van der Waals surface area contributed by atoms with Crippen LogP contribution >= 0.6 is 11.3 Å². The van der Waals surface area contributed by atoms with Crippen LogP contribution in [0.5, 0.6) is 0 Å². The minimum atomic E-state index is -0.307. The Labute approximate surface area is 89.8 Å². The molecule has 0 aliphatic rings. The van der Waals surface area contributed by atoms with Crippen LogP contribution in [0.25, 0.3) is 0 Å². The van der Waals surface area contributed by atoms with E-state index in [0.29, 0.717) is 12.5 Å². The molecule has 1 heterocycles. The Kier molecular flexibility index (Phi) is 4.58. The van der Waals surface area contributed by atoms with Crippen LogP contribution in [0.1, 0.15) is 31.1 Å². The molecule has 1 aromatic heterocycles. The van der Waals surface area contributed by atoms with Crippen LogP contribution in [-0.4, -0.2) is 17.8 Å². The molecule has 0 radical (unpaired) electrons. The molecule has 0 saturated carbocycles. The van der Waals surface area contributed by atoms with Gasteiger partial charge in [0.1, 0.15) is 0 Å². The molecule has 2 nitrogen and oxygen atoms in total. The van der Waals surface area contributed by atoms with E-state index in [0.717, 1.165) is 6.42 Å². The monoisotopic (exact) mass is 213 g/mol. The highest BCUT2D eigenvalue weighted by Crippen LogP contribution is 2.26. The van der Waals surface area contributed by atoms with Crippen LogP contribution in [0.2, 0.25) is 0 Å². The third-order valence-electron chi connectivity index (χ3n) is 2.34. The van der Waals surface area contributed by atoms with Crippen molar-refractivity contribution in [1.82, 2.24) is 0 Å². The Morgan fingerprint density at radius 2 is 2.21 bits per heavy atom. The van der Waals surface area contributed by atoms with Crippen molar-refractivity contribution in [2.45, 2.75) is 32.3 Å². The summed E-state index contributed by atoms with van der Waals surface area (Å²) in [5.74, 6) is 0.622.